The molecule has 35 heavy (non-hydrogen) atoms. The quantitative estimate of drug-likeness (QED) is 0.271. The van der Waals surface area contributed by atoms with Crippen molar-refractivity contribution in [2.24, 2.45) is 0 Å². The number of nitrogens with zero attached hydrogens (tertiary/aromatic N) is 1. The Morgan fingerprint density at radius 2 is 1.43 bits per heavy atom. The predicted octanol–water partition coefficient (Wildman–Crippen LogP) is 8.08. The molecule has 0 bridgehead atoms. The summed E-state index contributed by atoms with van der Waals surface area (Å²) in [7, 11) is 0. The van der Waals surface area contributed by atoms with Crippen LogP contribution in [0.4, 0.5) is 10.5 Å². The molecule has 6 nitrogen and oxygen atoms in total. The molecule has 0 atom stereocenters. The molecule has 4 rings (SSSR count). The number of nitrogens with one attached hydrogen (secondary N) is 2. The number of fused-ring (bicyclic) bond motifs is 1. The maximum Gasteiger partial charge on any atom is 0.326 e. The van der Waals surface area contributed by atoms with E-state index in [4.69, 9.17) is 51.1 Å². The van der Waals surface area contributed by atoms with E-state index in [-0.39, 0.29) is 37.1 Å². The maximum atomic E-state index is 12.4. The highest BCUT2D eigenvalue weighted by molar-refractivity contribution is 6.40. The zero-order valence-corrected chi connectivity index (χ0v) is 20.6. The fourth-order valence-corrected chi connectivity index (χ4v) is 4.47. The summed E-state index contributed by atoms with van der Waals surface area (Å²) in [6, 6.07) is 19.2. The third-order valence-corrected chi connectivity index (χ3v) is 6.08. The number of ether oxygens (including phenoxy) is 1. The first-order chi connectivity index (χ1) is 16.8. The van der Waals surface area contributed by atoms with E-state index in [2.05, 4.69) is 16.7 Å². The molecule has 0 radical (unpaired) electrons. The van der Waals surface area contributed by atoms with Crippen molar-refractivity contribution >= 4 is 74.8 Å². The Hall–Kier alpha value is -3.47. The Kier molecular flexibility index (Phi) is 7.34. The van der Waals surface area contributed by atoms with Crippen molar-refractivity contribution in [1.29, 1.82) is 5.26 Å². The second kappa shape index (κ2) is 10.4. The molecule has 10 heteroatoms. The van der Waals surface area contributed by atoms with E-state index in [1.54, 1.807) is 18.2 Å². The van der Waals surface area contributed by atoms with Crippen LogP contribution in [0.3, 0.4) is 0 Å². The number of halogens is 4. The monoisotopic (exact) mass is 543 g/mol. The highest BCUT2D eigenvalue weighted by Gasteiger charge is 2.19. The highest BCUT2D eigenvalue weighted by atomic mass is 35.5. The number of nitriles is 1. The van der Waals surface area contributed by atoms with Crippen molar-refractivity contribution in [2.45, 2.75) is 0 Å². The van der Waals surface area contributed by atoms with Crippen LogP contribution in [-0.2, 0) is 0 Å². The maximum absolute atomic E-state index is 12.4. The number of anilines is 1. The summed E-state index contributed by atoms with van der Waals surface area (Å²) in [6.07, 6.45) is 0. The molecule has 0 aliphatic carbocycles. The molecular formula is C25H13Cl4N3O3. The molecule has 0 aliphatic heterocycles. The molecule has 3 amide bonds. The van der Waals surface area contributed by atoms with Crippen molar-refractivity contribution in [3.8, 4) is 17.6 Å². The Labute approximate surface area is 219 Å². The second-order valence-electron chi connectivity index (χ2n) is 7.14. The van der Waals surface area contributed by atoms with Gasteiger partial charge in [0.2, 0.25) is 0 Å². The lowest BCUT2D eigenvalue weighted by Crippen LogP contribution is -2.34. The average molecular weight is 545 g/mol. The first kappa shape index (κ1) is 24.6. The van der Waals surface area contributed by atoms with Gasteiger partial charge in [0.05, 0.1) is 37.3 Å². The van der Waals surface area contributed by atoms with Crippen molar-refractivity contribution < 1.29 is 14.3 Å². The van der Waals surface area contributed by atoms with Crippen molar-refractivity contribution in [3.63, 3.8) is 0 Å². The van der Waals surface area contributed by atoms with Gasteiger partial charge >= 0.3 is 6.03 Å². The molecule has 0 spiro atoms. The third-order valence-electron chi connectivity index (χ3n) is 4.89. The van der Waals surface area contributed by atoms with Crippen molar-refractivity contribution in [3.05, 3.63) is 97.9 Å². The minimum Gasteiger partial charge on any atom is -0.454 e. The van der Waals surface area contributed by atoms with Crippen molar-refractivity contribution in [1.82, 2.24) is 5.32 Å². The molecule has 4 aromatic carbocycles. The first-order valence-electron chi connectivity index (χ1n) is 9.93. The van der Waals surface area contributed by atoms with E-state index in [0.29, 0.717) is 16.7 Å². The second-order valence-corrected chi connectivity index (χ2v) is 8.77. The minimum absolute atomic E-state index is 0.0274. The van der Waals surface area contributed by atoms with Crippen LogP contribution in [0.1, 0.15) is 15.9 Å². The van der Waals surface area contributed by atoms with Gasteiger partial charge in [-0.25, -0.2) is 4.79 Å². The minimum atomic E-state index is -0.843. The average Bonchev–Trinajstić information content (AvgIpc) is 2.81. The van der Waals surface area contributed by atoms with Crippen LogP contribution >= 0.6 is 46.4 Å². The van der Waals surface area contributed by atoms with Crippen LogP contribution in [-0.4, -0.2) is 11.9 Å². The van der Waals surface area contributed by atoms with E-state index in [1.807, 2.05) is 24.3 Å². The van der Waals surface area contributed by atoms with E-state index >= 15 is 0 Å². The zero-order chi connectivity index (χ0) is 25.1. The SMILES string of the molecule is N#Cc1ccc(Oc2c(Cl)cc(NC(=O)NC(=O)c3c(Cl)cccc3Cl)cc2Cl)c2ccccc12. The van der Waals surface area contributed by atoms with Gasteiger partial charge in [-0.05, 0) is 36.4 Å². The van der Waals surface area contributed by atoms with Gasteiger partial charge in [-0.15, -0.1) is 0 Å². The van der Waals surface area contributed by atoms with Crippen LogP contribution in [0, 0.1) is 11.3 Å². The molecular weight excluding hydrogens is 532 g/mol. The molecule has 0 aliphatic rings. The molecule has 0 saturated heterocycles. The van der Waals surface area contributed by atoms with E-state index in [9.17, 15) is 14.9 Å². The largest absolute Gasteiger partial charge is 0.454 e. The standard InChI is InChI=1S/C25H13Cl4N3O3/c26-17-6-3-7-18(27)22(17)24(33)32-25(34)31-14-10-19(28)23(20(29)11-14)35-21-9-8-13(12-30)15-4-1-2-5-16(15)21/h1-11H,(H2,31,32,33,34). The van der Waals surface area contributed by atoms with E-state index in [1.165, 1.54) is 24.3 Å². The Balaban J connectivity index is 1.54. The number of urea groups is 1. The van der Waals surface area contributed by atoms with Gasteiger partial charge in [-0.3, -0.25) is 10.1 Å². The number of benzene rings is 4. The lowest BCUT2D eigenvalue weighted by Gasteiger charge is -2.14. The number of hydrogen-bond acceptors (Lipinski definition) is 4. The Morgan fingerprint density at radius 1 is 0.800 bits per heavy atom. The Bertz CT molecular complexity index is 1490. The summed E-state index contributed by atoms with van der Waals surface area (Å²) in [6.45, 7) is 0. The molecule has 0 aromatic heterocycles. The van der Waals surface area contributed by atoms with Crippen LogP contribution < -0.4 is 15.4 Å². The molecule has 4 aromatic rings. The number of imide groups is 1. The number of hydrogen-bond donors (Lipinski definition) is 2. The van der Waals surface area contributed by atoms with Crippen molar-refractivity contribution in [2.75, 3.05) is 5.32 Å². The fourth-order valence-electron chi connectivity index (χ4n) is 3.34. The number of amides is 3. The van der Waals surface area contributed by atoms with Crippen LogP contribution in [0.25, 0.3) is 10.8 Å². The number of carbonyl (C=O) groups is 2. The smallest absolute Gasteiger partial charge is 0.326 e. The van der Waals surface area contributed by atoms with Crippen LogP contribution in [0.15, 0.2) is 66.7 Å². The highest BCUT2D eigenvalue weighted by Crippen LogP contribution is 2.41. The lowest BCUT2D eigenvalue weighted by molar-refractivity contribution is 0.0967. The van der Waals surface area contributed by atoms with E-state index < -0.39 is 11.9 Å². The molecule has 0 fully saturated rings. The topological polar surface area (TPSA) is 91.2 Å². The third kappa shape index (κ3) is 5.29. The van der Waals surface area contributed by atoms with Gasteiger partial charge in [-0.1, -0.05) is 76.7 Å². The number of rotatable bonds is 4. The normalized spacial score (nSPS) is 10.5. The molecule has 174 valence electrons. The predicted molar refractivity (Wildman–Crippen MR) is 138 cm³/mol. The van der Waals surface area contributed by atoms with Gasteiger partial charge in [0.15, 0.2) is 5.75 Å². The summed E-state index contributed by atoms with van der Waals surface area (Å²) in [4.78, 5) is 24.7. The van der Waals surface area contributed by atoms with Gasteiger partial charge in [0.1, 0.15) is 5.75 Å². The fraction of sp³-hybridized carbons (Fsp3) is 0. The van der Waals surface area contributed by atoms with Gasteiger partial charge in [0.25, 0.3) is 5.91 Å². The summed E-state index contributed by atoms with van der Waals surface area (Å²) in [5.41, 5.74) is 0.691. The number of carbonyl (C=O) groups excluding carboxylic acids is 2. The molecule has 2 N–H and O–H groups in total. The summed E-state index contributed by atoms with van der Waals surface area (Å²) >= 11 is 24.8. The molecule has 0 heterocycles. The Morgan fingerprint density at radius 3 is 2.06 bits per heavy atom. The first-order valence-corrected chi connectivity index (χ1v) is 11.4. The lowest BCUT2D eigenvalue weighted by atomic mass is 10.0. The molecule has 0 unspecified atom stereocenters. The van der Waals surface area contributed by atoms with Gasteiger partial charge in [0, 0.05) is 16.5 Å². The van der Waals surface area contributed by atoms with E-state index in [0.717, 1.165) is 5.39 Å². The van der Waals surface area contributed by atoms with Crippen LogP contribution in [0.2, 0.25) is 20.1 Å². The summed E-state index contributed by atoms with van der Waals surface area (Å²) in [5, 5.41) is 15.8. The van der Waals surface area contributed by atoms with Crippen LogP contribution in [0.5, 0.6) is 11.5 Å². The zero-order valence-electron chi connectivity index (χ0n) is 17.5. The van der Waals surface area contributed by atoms with Gasteiger partial charge < -0.3 is 10.1 Å². The summed E-state index contributed by atoms with van der Waals surface area (Å²) in [5.74, 6) is -0.167. The summed E-state index contributed by atoms with van der Waals surface area (Å²) < 4.78 is 5.98. The van der Waals surface area contributed by atoms with Gasteiger partial charge in [-0.2, -0.15) is 5.26 Å². The molecule has 0 saturated carbocycles.